The van der Waals surface area contributed by atoms with Gasteiger partial charge in [0, 0.05) is 6.20 Å². The summed E-state index contributed by atoms with van der Waals surface area (Å²) in [6, 6.07) is 1.80. The molecule has 4 atom stereocenters. The predicted octanol–water partition coefficient (Wildman–Crippen LogP) is -2.08. The van der Waals surface area contributed by atoms with Crippen molar-refractivity contribution in [3.05, 3.63) is 28.4 Å². The monoisotopic (exact) mass is 308 g/mol. The molecule has 22 heavy (non-hydrogen) atoms. The van der Waals surface area contributed by atoms with Gasteiger partial charge in [-0.25, -0.2) is 4.98 Å². The Kier molecular flexibility index (Phi) is 3.34. The van der Waals surface area contributed by atoms with Crippen molar-refractivity contribution >= 4 is 11.0 Å². The number of aliphatic hydroxyl groups excluding tert-OH is 3. The van der Waals surface area contributed by atoms with Crippen molar-refractivity contribution in [1.29, 1.82) is 5.26 Å². The van der Waals surface area contributed by atoms with Crippen LogP contribution in [0.25, 0.3) is 11.0 Å². The lowest BCUT2D eigenvalue weighted by molar-refractivity contribution is -0.0509. The molecule has 2 aromatic rings. The van der Waals surface area contributed by atoms with E-state index in [0.717, 1.165) is 6.33 Å². The van der Waals surface area contributed by atoms with E-state index in [0.29, 0.717) is 0 Å². The van der Waals surface area contributed by atoms with Crippen molar-refractivity contribution in [1.82, 2.24) is 14.3 Å². The number of hydrogen-bond acceptors (Lipinski definition) is 8. The van der Waals surface area contributed by atoms with Crippen LogP contribution >= 0.6 is 0 Å². The summed E-state index contributed by atoms with van der Waals surface area (Å²) in [7, 11) is 0. The molecule has 0 aromatic carbocycles. The van der Waals surface area contributed by atoms with Crippen molar-refractivity contribution in [3.63, 3.8) is 0 Å². The molecule has 3 rings (SSSR count). The van der Waals surface area contributed by atoms with Gasteiger partial charge in [-0.15, -0.1) is 4.73 Å². The van der Waals surface area contributed by atoms with Gasteiger partial charge in [0.2, 0.25) is 0 Å². The number of fused-ring (bicyclic) bond motifs is 1. The number of rotatable bonds is 2. The topological polar surface area (TPSA) is 154 Å². The fourth-order valence-electron chi connectivity index (χ4n) is 2.52. The summed E-state index contributed by atoms with van der Waals surface area (Å²) in [6.07, 6.45) is -2.74. The molecule has 1 aliphatic rings. The van der Waals surface area contributed by atoms with E-state index in [2.05, 4.69) is 4.98 Å². The Hall–Kier alpha value is -2.45. The maximum atomic E-state index is 11.9. The first-order valence-electron chi connectivity index (χ1n) is 6.33. The van der Waals surface area contributed by atoms with Crippen LogP contribution < -0.4 is 5.56 Å². The summed E-state index contributed by atoms with van der Waals surface area (Å²) >= 11 is 0. The SMILES string of the molecule is N#Cc1cn([C@@H]2O[C@H](CO)[C@@H](O)[C@H]2O)c2ncn(O)c(=O)c12. The summed E-state index contributed by atoms with van der Waals surface area (Å²) in [5.41, 5.74) is -0.887. The summed E-state index contributed by atoms with van der Waals surface area (Å²) in [6.45, 7) is -0.504. The maximum Gasteiger partial charge on any atom is 0.296 e. The van der Waals surface area contributed by atoms with Gasteiger partial charge in [0.05, 0.1) is 12.2 Å². The molecule has 2 aromatic heterocycles. The number of nitriles is 1. The Bertz CT molecular complexity index is 821. The van der Waals surface area contributed by atoms with Crippen LogP contribution in [-0.4, -0.2) is 59.7 Å². The molecule has 0 bridgehead atoms. The summed E-state index contributed by atoms with van der Waals surface area (Å²) < 4.78 is 6.81. The highest BCUT2D eigenvalue weighted by molar-refractivity contribution is 5.82. The van der Waals surface area contributed by atoms with Crippen LogP contribution in [0.2, 0.25) is 0 Å². The lowest BCUT2D eigenvalue weighted by Gasteiger charge is -2.17. The molecule has 1 saturated heterocycles. The van der Waals surface area contributed by atoms with Gasteiger partial charge in [-0.3, -0.25) is 4.79 Å². The van der Waals surface area contributed by atoms with E-state index in [1.165, 1.54) is 10.8 Å². The average Bonchev–Trinajstić information content (AvgIpc) is 3.02. The van der Waals surface area contributed by atoms with Crippen LogP contribution in [0.5, 0.6) is 0 Å². The quantitative estimate of drug-likeness (QED) is 0.461. The fourth-order valence-corrected chi connectivity index (χ4v) is 2.52. The Morgan fingerprint density at radius 1 is 1.41 bits per heavy atom. The lowest BCUT2D eigenvalue weighted by Crippen LogP contribution is -2.33. The van der Waals surface area contributed by atoms with Gasteiger partial charge in [0.25, 0.3) is 5.56 Å². The van der Waals surface area contributed by atoms with Crippen LogP contribution in [-0.2, 0) is 4.74 Å². The number of hydrogen-bond donors (Lipinski definition) is 4. The minimum atomic E-state index is -1.38. The zero-order valence-corrected chi connectivity index (χ0v) is 11.1. The molecule has 4 N–H and O–H groups in total. The molecule has 0 amide bonds. The third-order valence-electron chi connectivity index (χ3n) is 3.63. The van der Waals surface area contributed by atoms with Crippen molar-refractivity contribution in [2.45, 2.75) is 24.5 Å². The first-order valence-corrected chi connectivity index (χ1v) is 6.33. The highest BCUT2D eigenvalue weighted by Gasteiger charge is 2.44. The van der Waals surface area contributed by atoms with Gasteiger partial charge in [-0.1, -0.05) is 0 Å². The summed E-state index contributed by atoms with van der Waals surface area (Å²) in [5, 5.41) is 47.2. The van der Waals surface area contributed by atoms with Gasteiger partial charge in [-0.05, 0) is 0 Å². The van der Waals surface area contributed by atoms with Crippen LogP contribution in [0.1, 0.15) is 11.8 Å². The van der Waals surface area contributed by atoms with Gasteiger partial charge >= 0.3 is 0 Å². The van der Waals surface area contributed by atoms with Gasteiger partial charge in [0.15, 0.2) is 11.9 Å². The maximum absolute atomic E-state index is 11.9. The molecule has 116 valence electrons. The Morgan fingerprint density at radius 2 is 2.14 bits per heavy atom. The number of aromatic nitrogens is 3. The predicted molar refractivity (Wildman–Crippen MR) is 68.9 cm³/mol. The summed E-state index contributed by atoms with van der Waals surface area (Å²) in [5.74, 6) is 0. The van der Waals surface area contributed by atoms with E-state index in [-0.39, 0.29) is 21.3 Å². The second-order valence-electron chi connectivity index (χ2n) is 4.88. The first kappa shape index (κ1) is 14.5. The molecular weight excluding hydrogens is 296 g/mol. The van der Waals surface area contributed by atoms with E-state index < -0.39 is 36.7 Å². The lowest BCUT2D eigenvalue weighted by atomic mass is 10.1. The minimum absolute atomic E-state index is 0.0155. The first-order chi connectivity index (χ1) is 10.5. The van der Waals surface area contributed by atoms with E-state index in [9.17, 15) is 20.2 Å². The average molecular weight is 308 g/mol. The van der Waals surface area contributed by atoms with Crippen molar-refractivity contribution in [3.8, 4) is 6.07 Å². The minimum Gasteiger partial charge on any atom is -0.424 e. The molecule has 10 nitrogen and oxygen atoms in total. The van der Waals surface area contributed by atoms with Crippen LogP contribution in [0.15, 0.2) is 17.3 Å². The van der Waals surface area contributed by atoms with E-state index in [1.807, 2.05) is 0 Å². The molecule has 10 heteroatoms. The van der Waals surface area contributed by atoms with E-state index in [4.69, 9.17) is 15.1 Å². The van der Waals surface area contributed by atoms with Crippen LogP contribution in [0, 0.1) is 11.3 Å². The third-order valence-corrected chi connectivity index (χ3v) is 3.63. The fraction of sp³-hybridized carbons (Fsp3) is 0.417. The number of aliphatic hydroxyl groups is 3. The van der Waals surface area contributed by atoms with Crippen molar-refractivity contribution in [2.24, 2.45) is 0 Å². The number of nitrogens with zero attached hydrogens (tertiary/aromatic N) is 4. The second kappa shape index (κ2) is 5.08. The molecule has 1 aliphatic heterocycles. The molecular formula is C12H12N4O6. The zero-order valence-electron chi connectivity index (χ0n) is 11.1. The molecule has 1 fully saturated rings. The smallest absolute Gasteiger partial charge is 0.296 e. The van der Waals surface area contributed by atoms with Crippen molar-refractivity contribution in [2.75, 3.05) is 6.61 Å². The summed E-state index contributed by atoms with van der Waals surface area (Å²) in [4.78, 5) is 15.8. The van der Waals surface area contributed by atoms with E-state index in [1.54, 1.807) is 6.07 Å². The van der Waals surface area contributed by atoms with Crippen molar-refractivity contribution < 1.29 is 25.3 Å². The standard InChI is InChI=1S/C12H12N4O6/c13-1-5-2-15(10-7(5)11(20)16(21)4-14-10)12-9(19)8(18)6(3-17)22-12/h2,4,6,8-9,12,17-19,21H,3H2/t6-,8-,9-,12-/m1/s1. The second-order valence-corrected chi connectivity index (χ2v) is 4.88. The highest BCUT2D eigenvalue weighted by Crippen LogP contribution is 2.32. The Labute approximate surface area is 122 Å². The van der Waals surface area contributed by atoms with Crippen LogP contribution in [0.4, 0.5) is 0 Å². The van der Waals surface area contributed by atoms with Gasteiger partial charge < -0.3 is 29.8 Å². The van der Waals surface area contributed by atoms with Gasteiger partial charge in [-0.2, -0.15) is 5.26 Å². The molecule has 0 radical (unpaired) electrons. The van der Waals surface area contributed by atoms with Gasteiger partial charge in [0.1, 0.15) is 36.1 Å². The Balaban J connectivity index is 2.19. The molecule has 3 heterocycles. The largest absolute Gasteiger partial charge is 0.424 e. The number of ether oxygens (including phenoxy) is 1. The van der Waals surface area contributed by atoms with E-state index >= 15 is 0 Å². The normalized spacial score (nSPS) is 28.1. The highest BCUT2D eigenvalue weighted by atomic mass is 16.6. The molecule has 0 unspecified atom stereocenters. The molecule has 0 aliphatic carbocycles. The van der Waals surface area contributed by atoms with Crippen LogP contribution in [0.3, 0.4) is 0 Å². The molecule has 0 spiro atoms. The molecule has 0 saturated carbocycles. The Morgan fingerprint density at radius 3 is 2.73 bits per heavy atom. The third kappa shape index (κ3) is 1.88. The zero-order chi connectivity index (χ0) is 16.0.